The molecule has 3 aromatic rings. The van der Waals surface area contributed by atoms with Crippen molar-refractivity contribution in [2.75, 3.05) is 13.7 Å². The third-order valence-corrected chi connectivity index (χ3v) is 4.66. The van der Waals surface area contributed by atoms with E-state index in [4.69, 9.17) is 21.1 Å². The van der Waals surface area contributed by atoms with Crippen LogP contribution in [0, 0.1) is 0 Å². The van der Waals surface area contributed by atoms with Crippen LogP contribution in [0.1, 0.15) is 35.8 Å². The van der Waals surface area contributed by atoms with Crippen LogP contribution >= 0.6 is 11.6 Å². The first-order chi connectivity index (χ1) is 12.7. The third-order valence-electron chi connectivity index (χ3n) is 4.49. The molecule has 7 nitrogen and oxygen atoms in total. The lowest BCUT2D eigenvalue weighted by atomic mass is 10.1. The molecule has 0 saturated carbocycles. The highest BCUT2D eigenvalue weighted by atomic mass is 35.5. The van der Waals surface area contributed by atoms with E-state index in [0.717, 1.165) is 37.7 Å². The Bertz CT molecular complexity index is 966. The predicted molar refractivity (Wildman–Crippen MR) is 96.5 cm³/mol. The average molecular weight is 373 g/mol. The van der Waals surface area contributed by atoms with Gasteiger partial charge in [-0.05, 0) is 49.1 Å². The molecule has 0 N–H and O–H groups in total. The van der Waals surface area contributed by atoms with Crippen LogP contribution < -0.4 is 4.74 Å². The van der Waals surface area contributed by atoms with E-state index in [2.05, 4.69) is 15.0 Å². The fourth-order valence-corrected chi connectivity index (χ4v) is 3.38. The monoisotopic (exact) mass is 372 g/mol. The highest BCUT2D eigenvalue weighted by molar-refractivity contribution is 6.28. The molecule has 0 radical (unpaired) electrons. The number of aromatic nitrogens is 4. The number of methoxy groups -OCH3 is 1. The van der Waals surface area contributed by atoms with Crippen molar-refractivity contribution in [1.82, 2.24) is 19.5 Å². The molecular weight excluding hydrogens is 356 g/mol. The van der Waals surface area contributed by atoms with Gasteiger partial charge in [-0.15, -0.1) is 0 Å². The van der Waals surface area contributed by atoms with Gasteiger partial charge in [0.15, 0.2) is 11.9 Å². The summed E-state index contributed by atoms with van der Waals surface area (Å²) in [7, 11) is 1.52. The molecule has 1 atom stereocenters. The zero-order valence-corrected chi connectivity index (χ0v) is 14.9. The van der Waals surface area contributed by atoms with E-state index in [1.807, 2.05) is 10.6 Å². The summed E-state index contributed by atoms with van der Waals surface area (Å²) in [4.78, 5) is 24.5. The fourth-order valence-electron chi connectivity index (χ4n) is 3.22. The lowest BCUT2D eigenvalue weighted by molar-refractivity contribution is -0.0298. The maximum absolute atomic E-state index is 11.3. The van der Waals surface area contributed by atoms with Crippen LogP contribution in [-0.2, 0) is 4.74 Å². The van der Waals surface area contributed by atoms with Crippen LogP contribution in [0.4, 0.5) is 0 Å². The van der Waals surface area contributed by atoms with Gasteiger partial charge >= 0.3 is 0 Å². The number of hydrogen-bond acceptors (Lipinski definition) is 6. The standard InChI is InChI=1S/C18H17ClN4O3/c1-25-13-6-5-11(8-12(13)9-24)15-16-17(22-18(19)21-15)23(10-20-16)14-4-2-3-7-26-14/h5-6,8-10,14H,2-4,7H2,1H3. The van der Waals surface area contributed by atoms with E-state index < -0.39 is 0 Å². The summed E-state index contributed by atoms with van der Waals surface area (Å²) in [5.74, 6) is 0.501. The zero-order chi connectivity index (χ0) is 18.1. The van der Waals surface area contributed by atoms with E-state index in [-0.39, 0.29) is 11.5 Å². The number of nitrogens with zero attached hydrogens (tertiary/aromatic N) is 4. The molecule has 4 rings (SSSR count). The van der Waals surface area contributed by atoms with Crippen LogP contribution in [0.15, 0.2) is 24.5 Å². The lowest BCUT2D eigenvalue weighted by Gasteiger charge is -2.23. The summed E-state index contributed by atoms with van der Waals surface area (Å²) in [5.41, 5.74) is 2.96. The number of aldehydes is 1. The Balaban J connectivity index is 1.85. The van der Waals surface area contributed by atoms with Gasteiger partial charge in [-0.3, -0.25) is 9.36 Å². The fraction of sp³-hybridized carbons (Fsp3) is 0.333. The number of fused-ring (bicyclic) bond motifs is 1. The first kappa shape index (κ1) is 16.9. The minimum Gasteiger partial charge on any atom is -0.496 e. The zero-order valence-electron chi connectivity index (χ0n) is 14.2. The van der Waals surface area contributed by atoms with Crippen molar-refractivity contribution < 1.29 is 14.3 Å². The Kier molecular flexibility index (Phi) is 4.57. The Hall–Kier alpha value is -2.51. The largest absolute Gasteiger partial charge is 0.496 e. The SMILES string of the molecule is COc1ccc(-c2nc(Cl)nc3c2ncn3C2CCCCO2)cc1C=O. The summed E-state index contributed by atoms with van der Waals surface area (Å²) in [6.45, 7) is 0.719. The van der Waals surface area contributed by atoms with Crippen molar-refractivity contribution in [2.24, 2.45) is 0 Å². The van der Waals surface area contributed by atoms with Crippen LogP contribution in [0.3, 0.4) is 0 Å². The molecule has 0 spiro atoms. The van der Waals surface area contributed by atoms with Gasteiger partial charge < -0.3 is 9.47 Å². The summed E-state index contributed by atoms with van der Waals surface area (Å²) >= 11 is 6.18. The highest BCUT2D eigenvalue weighted by Gasteiger charge is 2.22. The van der Waals surface area contributed by atoms with Gasteiger partial charge in [-0.2, -0.15) is 4.98 Å². The van der Waals surface area contributed by atoms with E-state index in [1.165, 1.54) is 7.11 Å². The molecule has 0 aliphatic carbocycles. The van der Waals surface area contributed by atoms with Gasteiger partial charge in [0.25, 0.3) is 0 Å². The van der Waals surface area contributed by atoms with Crippen molar-refractivity contribution >= 4 is 29.1 Å². The summed E-state index contributed by atoms with van der Waals surface area (Å²) in [5, 5.41) is 0.119. The second-order valence-corrected chi connectivity index (χ2v) is 6.40. The molecule has 2 aromatic heterocycles. The molecule has 1 saturated heterocycles. The minimum absolute atomic E-state index is 0.103. The van der Waals surface area contributed by atoms with Crippen LogP contribution in [0.25, 0.3) is 22.4 Å². The van der Waals surface area contributed by atoms with Gasteiger partial charge in [0.1, 0.15) is 23.2 Å². The number of carbonyl (C=O) groups excluding carboxylic acids is 1. The molecule has 1 aliphatic heterocycles. The van der Waals surface area contributed by atoms with Crippen LogP contribution in [0.2, 0.25) is 5.28 Å². The molecule has 1 aliphatic rings. The minimum atomic E-state index is -0.103. The number of ether oxygens (including phenoxy) is 2. The maximum atomic E-state index is 11.3. The molecule has 8 heteroatoms. The topological polar surface area (TPSA) is 79.1 Å². The Morgan fingerprint density at radius 1 is 1.35 bits per heavy atom. The maximum Gasteiger partial charge on any atom is 0.225 e. The second-order valence-electron chi connectivity index (χ2n) is 6.06. The average Bonchev–Trinajstić information content (AvgIpc) is 3.11. The quantitative estimate of drug-likeness (QED) is 0.513. The number of halogens is 1. The molecule has 0 bridgehead atoms. The van der Waals surface area contributed by atoms with Crippen LogP contribution in [-0.4, -0.2) is 39.5 Å². The van der Waals surface area contributed by atoms with Crippen molar-refractivity contribution in [1.29, 1.82) is 0 Å². The van der Waals surface area contributed by atoms with Crippen molar-refractivity contribution in [3.63, 3.8) is 0 Å². The normalized spacial score (nSPS) is 17.4. The summed E-state index contributed by atoms with van der Waals surface area (Å²) in [6.07, 6.45) is 5.41. The molecule has 134 valence electrons. The number of imidazole rings is 1. The van der Waals surface area contributed by atoms with Gasteiger partial charge in [0.05, 0.1) is 19.0 Å². The Morgan fingerprint density at radius 2 is 2.23 bits per heavy atom. The molecule has 3 heterocycles. The lowest BCUT2D eigenvalue weighted by Crippen LogP contribution is -2.17. The van der Waals surface area contributed by atoms with Gasteiger partial charge in [-0.1, -0.05) is 0 Å². The Morgan fingerprint density at radius 3 is 2.96 bits per heavy atom. The molecule has 1 fully saturated rings. The van der Waals surface area contributed by atoms with E-state index in [0.29, 0.717) is 28.2 Å². The van der Waals surface area contributed by atoms with Crippen molar-refractivity contribution in [3.05, 3.63) is 35.4 Å². The predicted octanol–water partition coefficient (Wildman–Crippen LogP) is 3.67. The van der Waals surface area contributed by atoms with Crippen molar-refractivity contribution in [2.45, 2.75) is 25.5 Å². The molecule has 1 aromatic carbocycles. The highest BCUT2D eigenvalue weighted by Crippen LogP contribution is 2.32. The molecule has 26 heavy (non-hydrogen) atoms. The van der Waals surface area contributed by atoms with E-state index >= 15 is 0 Å². The smallest absolute Gasteiger partial charge is 0.225 e. The van der Waals surface area contributed by atoms with Gasteiger partial charge in [-0.25, -0.2) is 9.97 Å². The number of carbonyl (C=O) groups is 1. The number of hydrogen-bond donors (Lipinski definition) is 0. The third kappa shape index (κ3) is 2.93. The molecule has 0 amide bonds. The first-order valence-electron chi connectivity index (χ1n) is 8.36. The van der Waals surface area contributed by atoms with Gasteiger partial charge in [0.2, 0.25) is 5.28 Å². The second kappa shape index (κ2) is 7.01. The first-order valence-corrected chi connectivity index (χ1v) is 8.74. The summed E-state index contributed by atoms with van der Waals surface area (Å²) in [6, 6.07) is 5.25. The summed E-state index contributed by atoms with van der Waals surface area (Å²) < 4.78 is 12.9. The van der Waals surface area contributed by atoms with Crippen molar-refractivity contribution in [3.8, 4) is 17.0 Å². The Labute approximate surface area is 154 Å². The number of rotatable bonds is 4. The van der Waals surface area contributed by atoms with Gasteiger partial charge in [0, 0.05) is 12.2 Å². The van der Waals surface area contributed by atoms with E-state index in [9.17, 15) is 4.79 Å². The molecule has 1 unspecified atom stereocenters. The van der Waals surface area contributed by atoms with Crippen LogP contribution in [0.5, 0.6) is 5.75 Å². The molecular formula is C18H17ClN4O3. The van der Waals surface area contributed by atoms with E-state index in [1.54, 1.807) is 18.5 Å². The number of benzene rings is 1.